The van der Waals surface area contributed by atoms with E-state index in [1.807, 2.05) is 13.8 Å². The van der Waals surface area contributed by atoms with Gasteiger partial charge in [-0.2, -0.15) is 0 Å². The average molecular weight is 246 g/mol. The summed E-state index contributed by atoms with van der Waals surface area (Å²) in [5.74, 6) is -2.19. The van der Waals surface area contributed by atoms with E-state index in [0.29, 0.717) is 6.42 Å². The zero-order chi connectivity index (χ0) is 13.7. The molecule has 6 nitrogen and oxygen atoms in total. The summed E-state index contributed by atoms with van der Waals surface area (Å²) in [5.41, 5.74) is 5.61. The third-order valence-corrected chi connectivity index (χ3v) is 2.42. The summed E-state index contributed by atoms with van der Waals surface area (Å²) in [5, 5.41) is 18.8. The Bertz CT molecular complexity index is 279. The first-order chi connectivity index (χ1) is 7.68. The largest absolute Gasteiger partial charge is 0.480 e. The summed E-state index contributed by atoms with van der Waals surface area (Å²) in [4.78, 5) is 22.7. The maximum absolute atomic E-state index is 11.7. The Morgan fingerprint density at radius 3 is 2.00 bits per heavy atom. The zero-order valence-electron chi connectivity index (χ0n) is 10.8. The molecule has 0 rings (SSSR count). The lowest BCUT2D eigenvalue weighted by atomic mass is 10.0. The molecular weight excluding hydrogens is 224 g/mol. The third kappa shape index (κ3) is 4.70. The van der Waals surface area contributed by atoms with E-state index in [9.17, 15) is 14.8 Å². The van der Waals surface area contributed by atoms with Crippen molar-refractivity contribution >= 4 is 11.9 Å². The van der Waals surface area contributed by atoms with Gasteiger partial charge in [-0.15, -0.1) is 0 Å². The molecule has 0 spiro atoms. The lowest BCUT2D eigenvalue weighted by molar-refractivity contribution is -0.191. The number of hydrogen-bond acceptors (Lipinski definition) is 4. The van der Waals surface area contributed by atoms with Crippen molar-refractivity contribution in [2.75, 3.05) is 0 Å². The number of rotatable bonds is 6. The summed E-state index contributed by atoms with van der Waals surface area (Å²) in [6.45, 7) is 7.02. The summed E-state index contributed by atoms with van der Waals surface area (Å²) in [6.07, 6.45) is 0.403. The molecule has 1 amide bonds. The van der Waals surface area contributed by atoms with Crippen molar-refractivity contribution in [3.63, 3.8) is 0 Å². The number of amides is 1. The minimum atomic E-state index is -1.26. The van der Waals surface area contributed by atoms with Crippen LogP contribution in [-0.2, 0) is 9.59 Å². The van der Waals surface area contributed by atoms with Crippen molar-refractivity contribution in [1.29, 1.82) is 0 Å². The van der Waals surface area contributed by atoms with Crippen molar-refractivity contribution in [2.45, 2.75) is 46.2 Å². The lowest BCUT2D eigenvalue weighted by Gasteiger charge is -2.27. The van der Waals surface area contributed by atoms with Gasteiger partial charge in [-0.25, -0.2) is 9.86 Å². The smallest absolute Gasteiger partial charge is 0.329 e. The van der Waals surface area contributed by atoms with Crippen LogP contribution >= 0.6 is 0 Å². The van der Waals surface area contributed by atoms with E-state index in [0.717, 1.165) is 0 Å². The number of hydroxylamine groups is 2. The second kappa shape index (κ2) is 6.56. The first-order valence-electron chi connectivity index (χ1n) is 5.68. The molecule has 0 saturated heterocycles. The Morgan fingerprint density at radius 1 is 1.24 bits per heavy atom. The molecule has 0 bridgehead atoms. The Kier molecular flexibility index (Phi) is 6.12. The number of carbonyl (C=O) groups is 2. The first kappa shape index (κ1) is 15.9. The van der Waals surface area contributed by atoms with Crippen molar-refractivity contribution in [1.82, 2.24) is 5.06 Å². The Labute approximate surface area is 101 Å². The van der Waals surface area contributed by atoms with E-state index in [2.05, 4.69) is 0 Å². The molecule has 0 aromatic heterocycles. The molecule has 4 N–H and O–H groups in total. The topological polar surface area (TPSA) is 104 Å². The predicted molar refractivity (Wildman–Crippen MR) is 62.3 cm³/mol. The number of carboxylic acid groups (broad SMARTS) is 1. The van der Waals surface area contributed by atoms with E-state index in [1.165, 1.54) is 0 Å². The minimum absolute atomic E-state index is 0.199. The number of aliphatic carboxylic acids is 1. The third-order valence-electron chi connectivity index (χ3n) is 2.42. The van der Waals surface area contributed by atoms with E-state index in [-0.39, 0.29) is 11.0 Å². The summed E-state index contributed by atoms with van der Waals surface area (Å²) >= 11 is 0. The highest BCUT2D eigenvalue weighted by Gasteiger charge is 2.34. The second-order valence-electron chi connectivity index (χ2n) is 4.95. The Balaban J connectivity index is 4.71. The number of carboxylic acids is 1. The van der Waals surface area contributed by atoms with Crippen molar-refractivity contribution in [2.24, 2.45) is 17.6 Å². The maximum atomic E-state index is 11.7. The molecule has 17 heavy (non-hydrogen) atoms. The van der Waals surface area contributed by atoms with E-state index in [4.69, 9.17) is 10.8 Å². The minimum Gasteiger partial charge on any atom is -0.480 e. The van der Waals surface area contributed by atoms with Gasteiger partial charge in [0.15, 0.2) is 6.04 Å². The molecule has 2 atom stereocenters. The van der Waals surface area contributed by atoms with Crippen LogP contribution in [0.2, 0.25) is 0 Å². The maximum Gasteiger partial charge on any atom is 0.329 e. The van der Waals surface area contributed by atoms with Gasteiger partial charge in [0.25, 0.3) is 5.91 Å². The Hall–Kier alpha value is -1.14. The highest BCUT2D eigenvalue weighted by molar-refractivity contribution is 5.85. The fourth-order valence-electron chi connectivity index (χ4n) is 1.59. The molecule has 0 saturated carbocycles. The molecule has 100 valence electrons. The fraction of sp³-hybridized carbons (Fsp3) is 0.818. The molecular formula is C11H22N2O4. The van der Waals surface area contributed by atoms with Gasteiger partial charge in [0.2, 0.25) is 0 Å². The zero-order valence-corrected chi connectivity index (χ0v) is 10.8. The Morgan fingerprint density at radius 2 is 1.71 bits per heavy atom. The van der Waals surface area contributed by atoms with Gasteiger partial charge < -0.3 is 10.8 Å². The van der Waals surface area contributed by atoms with Crippen LogP contribution in [0.1, 0.15) is 34.1 Å². The highest BCUT2D eigenvalue weighted by Crippen LogP contribution is 2.12. The molecule has 0 fully saturated rings. The van der Waals surface area contributed by atoms with E-state index in [1.54, 1.807) is 13.8 Å². The molecule has 0 heterocycles. The number of carbonyl (C=O) groups excluding carboxylic acids is 1. The van der Waals surface area contributed by atoms with Gasteiger partial charge in [0, 0.05) is 0 Å². The van der Waals surface area contributed by atoms with Gasteiger partial charge >= 0.3 is 5.97 Å². The summed E-state index contributed by atoms with van der Waals surface area (Å²) in [6, 6.07) is -2.14. The molecule has 0 aliphatic rings. The van der Waals surface area contributed by atoms with Gasteiger partial charge in [0.1, 0.15) is 0 Å². The van der Waals surface area contributed by atoms with Gasteiger partial charge in [-0.05, 0) is 18.3 Å². The van der Waals surface area contributed by atoms with Crippen molar-refractivity contribution < 1.29 is 19.9 Å². The normalized spacial score (nSPS) is 14.8. The molecule has 0 radical (unpaired) electrons. The molecule has 0 aliphatic carbocycles. The SMILES string of the molecule is CC(C)C[C@H](N)C(=O)N(O)[C@H](C(=O)O)C(C)C. The van der Waals surface area contributed by atoms with Crippen LogP contribution in [0, 0.1) is 11.8 Å². The van der Waals surface area contributed by atoms with Gasteiger partial charge in [-0.1, -0.05) is 27.7 Å². The van der Waals surface area contributed by atoms with Crippen LogP contribution in [0.25, 0.3) is 0 Å². The number of hydrogen-bond donors (Lipinski definition) is 3. The average Bonchev–Trinajstić information content (AvgIpc) is 2.13. The number of nitrogens with zero attached hydrogens (tertiary/aromatic N) is 1. The van der Waals surface area contributed by atoms with Crippen molar-refractivity contribution in [3.8, 4) is 0 Å². The standard InChI is InChI=1S/C11H22N2O4/c1-6(2)5-8(12)10(14)13(17)9(7(3)4)11(15)16/h6-9,17H,5,12H2,1-4H3,(H,15,16)/t8-,9-/m0/s1. The molecule has 0 aromatic rings. The molecule has 6 heteroatoms. The van der Waals surface area contributed by atoms with E-state index >= 15 is 0 Å². The second-order valence-corrected chi connectivity index (χ2v) is 4.95. The monoisotopic (exact) mass is 246 g/mol. The van der Waals surface area contributed by atoms with Crippen LogP contribution in [0.4, 0.5) is 0 Å². The van der Waals surface area contributed by atoms with Crippen molar-refractivity contribution in [3.05, 3.63) is 0 Å². The van der Waals surface area contributed by atoms with E-state index < -0.39 is 29.9 Å². The molecule has 0 aromatic carbocycles. The number of nitrogens with two attached hydrogens (primary N) is 1. The highest BCUT2D eigenvalue weighted by atomic mass is 16.5. The van der Waals surface area contributed by atoms with Crippen LogP contribution < -0.4 is 5.73 Å². The van der Waals surface area contributed by atoms with Crippen LogP contribution in [0.5, 0.6) is 0 Å². The van der Waals surface area contributed by atoms with Gasteiger partial charge in [0.05, 0.1) is 6.04 Å². The van der Waals surface area contributed by atoms with Crippen LogP contribution in [0.15, 0.2) is 0 Å². The van der Waals surface area contributed by atoms with Gasteiger partial charge in [-0.3, -0.25) is 10.0 Å². The molecule has 0 unspecified atom stereocenters. The molecule has 0 aliphatic heterocycles. The quantitative estimate of drug-likeness (QED) is 0.472. The van der Waals surface area contributed by atoms with Crippen LogP contribution in [0.3, 0.4) is 0 Å². The van der Waals surface area contributed by atoms with Crippen LogP contribution in [-0.4, -0.2) is 39.3 Å². The lowest BCUT2D eigenvalue weighted by Crippen LogP contribution is -2.52. The summed E-state index contributed by atoms with van der Waals surface area (Å²) < 4.78 is 0. The fourth-order valence-corrected chi connectivity index (χ4v) is 1.59. The predicted octanol–water partition coefficient (Wildman–Crippen LogP) is 0.687. The first-order valence-corrected chi connectivity index (χ1v) is 5.68. The summed E-state index contributed by atoms with van der Waals surface area (Å²) in [7, 11) is 0.